The topological polar surface area (TPSA) is 59.5 Å². The minimum atomic E-state index is -0.560. The van der Waals surface area contributed by atoms with E-state index in [1.165, 1.54) is 25.4 Å². The minimum absolute atomic E-state index is 0.125. The maximum Gasteiger partial charge on any atom is 0.358 e. The van der Waals surface area contributed by atoms with E-state index >= 15 is 0 Å². The van der Waals surface area contributed by atoms with Gasteiger partial charge in [0.2, 0.25) is 0 Å². The maximum absolute atomic E-state index is 11.6. The number of carbonyl (C=O) groups is 2. The third kappa shape index (κ3) is 3.07. The van der Waals surface area contributed by atoms with Crippen LogP contribution in [-0.2, 0) is 4.74 Å². The first kappa shape index (κ1) is 14.6. The molecule has 1 heterocycles. The predicted octanol–water partition coefficient (Wildman–Crippen LogP) is 2.37. The van der Waals surface area contributed by atoms with Gasteiger partial charge in [-0.2, -0.15) is 0 Å². The van der Waals surface area contributed by atoms with E-state index in [-0.39, 0.29) is 11.5 Å². The van der Waals surface area contributed by atoms with Crippen LogP contribution in [0.2, 0.25) is 0 Å². The van der Waals surface area contributed by atoms with E-state index in [0.29, 0.717) is 10.0 Å². The van der Waals surface area contributed by atoms with Crippen molar-refractivity contribution in [2.75, 3.05) is 25.1 Å². The summed E-state index contributed by atoms with van der Waals surface area (Å²) in [6, 6.07) is 0. The Morgan fingerprint density at radius 1 is 1.39 bits per heavy atom. The van der Waals surface area contributed by atoms with Crippen LogP contribution in [0, 0.1) is 0 Å². The Morgan fingerprint density at radius 2 is 2.06 bits per heavy atom. The summed E-state index contributed by atoms with van der Waals surface area (Å²) in [4.78, 5) is 29.7. The van der Waals surface area contributed by atoms with E-state index in [9.17, 15) is 9.59 Å². The molecule has 0 N–H and O–H groups in total. The van der Waals surface area contributed by atoms with E-state index < -0.39 is 5.97 Å². The molecule has 18 heavy (non-hydrogen) atoms. The summed E-state index contributed by atoms with van der Waals surface area (Å²) >= 11 is 1.25. The highest BCUT2D eigenvalue weighted by atomic mass is 32.1. The van der Waals surface area contributed by atoms with Crippen molar-refractivity contribution < 1.29 is 14.3 Å². The molecular weight excluding hydrogens is 252 g/mol. The lowest BCUT2D eigenvalue weighted by atomic mass is 10.3. The monoisotopic (exact) mass is 270 g/mol. The number of hydrogen-bond acceptors (Lipinski definition) is 6. The van der Waals surface area contributed by atoms with Crippen molar-refractivity contribution in [2.24, 2.45) is 0 Å². The first-order chi connectivity index (χ1) is 8.54. The van der Waals surface area contributed by atoms with Crippen molar-refractivity contribution in [1.29, 1.82) is 0 Å². The molecule has 1 aromatic heterocycles. The molecule has 100 valence electrons. The number of hydrogen-bond donors (Lipinski definition) is 0. The van der Waals surface area contributed by atoms with Crippen LogP contribution in [0.5, 0.6) is 0 Å². The first-order valence-electron chi connectivity index (χ1n) is 5.90. The molecule has 0 saturated heterocycles. The number of carbonyl (C=O) groups excluding carboxylic acids is 2. The molecule has 0 spiro atoms. The van der Waals surface area contributed by atoms with Gasteiger partial charge in [0.1, 0.15) is 4.88 Å². The summed E-state index contributed by atoms with van der Waals surface area (Å²) in [6.07, 6.45) is 0.983. The molecule has 1 aromatic rings. The number of aromatic nitrogens is 1. The fourth-order valence-electron chi connectivity index (χ4n) is 1.58. The van der Waals surface area contributed by atoms with Crippen molar-refractivity contribution in [3.05, 3.63) is 10.6 Å². The van der Waals surface area contributed by atoms with E-state index in [2.05, 4.69) is 16.6 Å². The first-order valence-corrected chi connectivity index (χ1v) is 6.71. The van der Waals surface area contributed by atoms with Crippen LogP contribution >= 0.6 is 11.3 Å². The van der Waals surface area contributed by atoms with Crippen LogP contribution in [-0.4, -0.2) is 36.9 Å². The zero-order valence-corrected chi connectivity index (χ0v) is 12.0. The van der Waals surface area contributed by atoms with Crippen LogP contribution in [0.3, 0.4) is 0 Å². The Hall–Kier alpha value is -1.43. The van der Waals surface area contributed by atoms with Gasteiger partial charge in [0.15, 0.2) is 16.6 Å². The summed E-state index contributed by atoms with van der Waals surface area (Å²) in [5.41, 5.74) is 0.125. The number of thiazole rings is 1. The van der Waals surface area contributed by atoms with E-state index in [1.807, 2.05) is 11.8 Å². The standard InChI is InChI=1S/C12H18N2O3S/c1-5-7-14(6-2)12-13-9(11(16)17-4)10(18-12)8(3)15/h5-7H2,1-4H3. The zero-order valence-electron chi connectivity index (χ0n) is 11.1. The van der Waals surface area contributed by atoms with Gasteiger partial charge in [-0.3, -0.25) is 4.79 Å². The lowest BCUT2D eigenvalue weighted by molar-refractivity contribution is 0.0591. The van der Waals surface area contributed by atoms with Crippen molar-refractivity contribution >= 4 is 28.2 Å². The van der Waals surface area contributed by atoms with Gasteiger partial charge in [0, 0.05) is 20.0 Å². The molecule has 0 aromatic carbocycles. The van der Waals surface area contributed by atoms with E-state index in [4.69, 9.17) is 0 Å². The third-order valence-electron chi connectivity index (χ3n) is 2.46. The second kappa shape index (κ2) is 6.49. The van der Waals surface area contributed by atoms with E-state index in [1.54, 1.807) is 0 Å². The average molecular weight is 270 g/mol. The molecule has 0 atom stereocenters. The molecule has 1 rings (SSSR count). The fraction of sp³-hybridized carbons (Fsp3) is 0.583. The average Bonchev–Trinajstić information content (AvgIpc) is 2.79. The highest BCUT2D eigenvalue weighted by molar-refractivity contribution is 7.17. The van der Waals surface area contributed by atoms with Crippen LogP contribution in [0.4, 0.5) is 5.13 Å². The third-order valence-corrected chi connectivity index (χ3v) is 3.68. The molecule has 5 nitrogen and oxygen atoms in total. The minimum Gasteiger partial charge on any atom is -0.464 e. The summed E-state index contributed by atoms with van der Waals surface area (Å²) in [7, 11) is 1.29. The Balaban J connectivity index is 3.16. The van der Waals surface area contributed by atoms with Gasteiger partial charge in [0.25, 0.3) is 0 Å². The molecule has 0 amide bonds. The molecule has 0 aliphatic carbocycles. The lowest BCUT2D eigenvalue weighted by Gasteiger charge is -2.18. The second-order valence-corrected chi connectivity index (χ2v) is 4.78. The summed E-state index contributed by atoms with van der Waals surface area (Å²) in [5.74, 6) is -0.720. The maximum atomic E-state index is 11.6. The van der Waals surface area contributed by atoms with Gasteiger partial charge >= 0.3 is 5.97 Å². The number of Topliss-reactive ketones (excluding diaryl/α,β-unsaturated/α-hetero) is 1. The Labute approximate surface area is 111 Å². The summed E-state index contributed by atoms with van der Waals surface area (Å²) in [6.45, 7) is 7.16. The van der Waals surface area contributed by atoms with Gasteiger partial charge in [-0.15, -0.1) is 0 Å². The van der Waals surface area contributed by atoms with Crippen molar-refractivity contribution in [3.8, 4) is 0 Å². The number of ketones is 1. The van der Waals surface area contributed by atoms with Crippen LogP contribution in [0.1, 0.15) is 47.4 Å². The zero-order chi connectivity index (χ0) is 13.7. The van der Waals surface area contributed by atoms with Crippen molar-refractivity contribution in [2.45, 2.75) is 27.2 Å². The summed E-state index contributed by atoms with van der Waals surface area (Å²) < 4.78 is 4.65. The van der Waals surface area contributed by atoms with Gasteiger partial charge in [-0.1, -0.05) is 18.3 Å². The Bertz CT molecular complexity index is 443. The second-order valence-electron chi connectivity index (χ2n) is 3.80. The fourth-order valence-corrected chi connectivity index (χ4v) is 2.62. The lowest BCUT2D eigenvalue weighted by Crippen LogP contribution is -2.23. The van der Waals surface area contributed by atoms with Gasteiger partial charge in [-0.05, 0) is 13.3 Å². The molecule has 0 radical (unpaired) electrons. The largest absolute Gasteiger partial charge is 0.464 e. The quantitative estimate of drug-likeness (QED) is 0.586. The number of esters is 1. The van der Waals surface area contributed by atoms with Crippen LogP contribution in [0.25, 0.3) is 0 Å². The molecule has 6 heteroatoms. The Kier molecular flexibility index (Phi) is 5.27. The number of anilines is 1. The molecular formula is C12H18N2O3S. The van der Waals surface area contributed by atoms with Crippen molar-refractivity contribution in [3.63, 3.8) is 0 Å². The summed E-state index contributed by atoms with van der Waals surface area (Å²) in [5, 5.41) is 0.699. The highest BCUT2D eigenvalue weighted by Crippen LogP contribution is 2.27. The predicted molar refractivity (Wildman–Crippen MR) is 71.6 cm³/mol. The van der Waals surface area contributed by atoms with E-state index in [0.717, 1.165) is 19.5 Å². The number of nitrogens with zero attached hydrogens (tertiary/aromatic N) is 2. The van der Waals surface area contributed by atoms with Crippen LogP contribution < -0.4 is 4.90 Å². The highest BCUT2D eigenvalue weighted by Gasteiger charge is 2.23. The number of methoxy groups -OCH3 is 1. The molecule has 0 aliphatic rings. The van der Waals surface area contributed by atoms with Gasteiger partial charge in [-0.25, -0.2) is 9.78 Å². The smallest absolute Gasteiger partial charge is 0.358 e. The van der Waals surface area contributed by atoms with Crippen molar-refractivity contribution in [1.82, 2.24) is 4.98 Å². The molecule has 0 fully saturated rings. The molecule has 0 saturated carbocycles. The Morgan fingerprint density at radius 3 is 2.50 bits per heavy atom. The normalized spacial score (nSPS) is 10.2. The van der Waals surface area contributed by atoms with Crippen LogP contribution in [0.15, 0.2) is 0 Å². The molecule has 0 unspecified atom stereocenters. The molecule has 0 bridgehead atoms. The van der Waals surface area contributed by atoms with Gasteiger partial charge in [0.05, 0.1) is 7.11 Å². The number of rotatable bonds is 6. The SMILES string of the molecule is CCCN(CC)c1nc(C(=O)OC)c(C(C)=O)s1. The van der Waals surface area contributed by atoms with Gasteiger partial charge < -0.3 is 9.64 Å². The number of ether oxygens (including phenoxy) is 1. The molecule has 0 aliphatic heterocycles.